The Morgan fingerprint density at radius 3 is 2.85 bits per heavy atom. The van der Waals surface area contributed by atoms with Gasteiger partial charge >= 0.3 is 12.1 Å². The van der Waals surface area contributed by atoms with Crippen molar-refractivity contribution in [3.05, 3.63) is 34.9 Å². The van der Waals surface area contributed by atoms with Gasteiger partial charge in [-0.05, 0) is 56.3 Å². The molecule has 3 amide bonds. The van der Waals surface area contributed by atoms with Gasteiger partial charge in [-0.25, -0.2) is 9.59 Å². The zero-order valence-electron chi connectivity index (χ0n) is 20.5. The Hall–Kier alpha value is -2.07. The smallest absolute Gasteiger partial charge is 0.406 e. The Kier molecular flexibility index (Phi) is 13.1. The van der Waals surface area contributed by atoms with Gasteiger partial charge in [0.2, 0.25) is 0 Å². The molecule has 1 aromatic carbocycles. The molecule has 0 radical (unpaired) electrons. The van der Waals surface area contributed by atoms with Crippen molar-refractivity contribution in [2.24, 2.45) is 5.92 Å². The minimum Gasteiger partial charge on any atom is -0.453 e. The van der Waals surface area contributed by atoms with Gasteiger partial charge in [-0.2, -0.15) is 0 Å². The maximum absolute atomic E-state index is 12.9. The number of nitrogens with zero attached hydrogens (tertiary/aromatic N) is 1. The zero-order chi connectivity index (χ0) is 24.8. The molecule has 1 fully saturated rings. The summed E-state index contributed by atoms with van der Waals surface area (Å²) in [6, 6.07) is 7.40. The number of alkyl carbamates (subject to hydrolysis) is 1. The van der Waals surface area contributed by atoms with Crippen molar-refractivity contribution >= 4 is 23.7 Å². The highest BCUT2D eigenvalue weighted by Crippen LogP contribution is 2.24. The third-order valence-corrected chi connectivity index (χ3v) is 6.06. The fraction of sp³-hybridized carbons (Fsp3) is 0.667. The SMILES string of the molecule is CNC[C@H](C[C@H]1CCCOC1)NC(=O)N(C)CC[C@@H](OCCNC(=O)OC)c1cccc(Cl)c1. The van der Waals surface area contributed by atoms with E-state index in [-0.39, 0.29) is 18.2 Å². The van der Waals surface area contributed by atoms with Crippen LogP contribution >= 0.6 is 11.6 Å². The van der Waals surface area contributed by atoms with Gasteiger partial charge in [0, 0.05) is 51.0 Å². The average molecular weight is 499 g/mol. The maximum atomic E-state index is 12.9. The molecule has 192 valence electrons. The minimum atomic E-state index is -0.504. The van der Waals surface area contributed by atoms with Crippen LogP contribution in [0.25, 0.3) is 0 Å². The molecule has 1 aromatic rings. The lowest BCUT2D eigenvalue weighted by molar-refractivity contribution is 0.0431. The van der Waals surface area contributed by atoms with Crippen LogP contribution in [0.3, 0.4) is 0 Å². The van der Waals surface area contributed by atoms with Crippen LogP contribution in [0, 0.1) is 5.92 Å². The first-order valence-electron chi connectivity index (χ1n) is 11.9. The number of benzene rings is 1. The number of carbonyl (C=O) groups excluding carboxylic acids is 2. The van der Waals surface area contributed by atoms with Crippen molar-refractivity contribution < 1.29 is 23.8 Å². The topological polar surface area (TPSA) is 101 Å². The number of hydrogen-bond acceptors (Lipinski definition) is 6. The quantitative estimate of drug-likeness (QED) is 0.361. The molecule has 1 aliphatic rings. The lowest BCUT2D eigenvalue weighted by atomic mass is 9.94. The van der Waals surface area contributed by atoms with E-state index in [4.69, 9.17) is 21.1 Å². The van der Waals surface area contributed by atoms with E-state index in [0.717, 1.165) is 38.0 Å². The summed E-state index contributed by atoms with van der Waals surface area (Å²) in [4.78, 5) is 25.8. The summed E-state index contributed by atoms with van der Waals surface area (Å²) >= 11 is 6.17. The van der Waals surface area contributed by atoms with Gasteiger partial charge in [-0.15, -0.1) is 0 Å². The first kappa shape index (κ1) is 28.2. The Morgan fingerprint density at radius 1 is 1.35 bits per heavy atom. The number of nitrogens with one attached hydrogen (secondary N) is 3. The Balaban J connectivity index is 1.89. The second-order valence-corrected chi connectivity index (χ2v) is 9.00. The molecule has 3 N–H and O–H groups in total. The molecule has 3 atom stereocenters. The molecule has 1 saturated heterocycles. The minimum absolute atomic E-state index is 0.0380. The average Bonchev–Trinajstić information content (AvgIpc) is 2.83. The highest BCUT2D eigenvalue weighted by atomic mass is 35.5. The van der Waals surface area contributed by atoms with Crippen LogP contribution in [-0.2, 0) is 14.2 Å². The molecule has 1 heterocycles. The van der Waals surface area contributed by atoms with Gasteiger partial charge in [0.15, 0.2) is 0 Å². The molecule has 0 unspecified atom stereocenters. The first-order valence-corrected chi connectivity index (χ1v) is 12.2. The lowest BCUT2D eigenvalue weighted by Gasteiger charge is -2.29. The van der Waals surface area contributed by atoms with Crippen LogP contribution in [0.15, 0.2) is 24.3 Å². The summed E-state index contributed by atoms with van der Waals surface area (Å²) in [6.45, 7) is 3.41. The molecule has 0 aromatic heterocycles. The molecule has 0 saturated carbocycles. The highest BCUT2D eigenvalue weighted by molar-refractivity contribution is 6.30. The van der Waals surface area contributed by atoms with Gasteiger partial charge in [-0.3, -0.25) is 0 Å². The Bertz CT molecular complexity index is 748. The first-order chi connectivity index (χ1) is 16.4. The van der Waals surface area contributed by atoms with E-state index in [0.29, 0.717) is 43.6 Å². The fourth-order valence-corrected chi connectivity index (χ4v) is 4.21. The van der Waals surface area contributed by atoms with E-state index in [2.05, 4.69) is 20.7 Å². The molecule has 34 heavy (non-hydrogen) atoms. The van der Waals surface area contributed by atoms with Gasteiger partial charge in [0.25, 0.3) is 0 Å². The molecule has 0 aliphatic carbocycles. The molecule has 0 spiro atoms. The van der Waals surface area contributed by atoms with Crippen LogP contribution in [0.1, 0.15) is 37.4 Å². The summed E-state index contributed by atoms with van der Waals surface area (Å²) in [5.74, 6) is 0.469. The number of hydrogen-bond donors (Lipinski definition) is 3. The van der Waals surface area contributed by atoms with E-state index >= 15 is 0 Å². The summed E-state index contributed by atoms with van der Waals surface area (Å²) < 4.78 is 16.2. The maximum Gasteiger partial charge on any atom is 0.406 e. The van der Waals surface area contributed by atoms with Crippen molar-refractivity contribution in [3.63, 3.8) is 0 Å². The second-order valence-electron chi connectivity index (χ2n) is 8.57. The van der Waals surface area contributed by atoms with Crippen molar-refractivity contribution in [1.82, 2.24) is 20.9 Å². The van der Waals surface area contributed by atoms with Crippen molar-refractivity contribution in [2.45, 2.75) is 37.8 Å². The molecule has 9 nitrogen and oxygen atoms in total. The van der Waals surface area contributed by atoms with Gasteiger partial charge in [0.05, 0.1) is 19.8 Å². The molecular weight excluding hydrogens is 460 g/mol. The fourth-order valence-electron chi connectivity index (χ4n) is 4.01. The number of halogens is 1. The lowest BCUT2D eigenvalue weighted by Crippen LogP contribution is -2.48. The third kappa shape index (κ3) is 10.5. The van der Waals surface area contributed by atoms with Crippen molar-refractivity contribution in [1.29, 1.82) is 0 Å². The molecule has 10 heteroatoms. The van der Waals surface area contributed by atoms with Crippen LogP contribution in [0.5, 0.6) is 0 Å². The normalized spacial score (nSPS) is 17.5. The predicted molar refractivity (Wildman–Crippen MR) is 132 cm³/mol. The van der Waals surface area contributed by atoms with Gasteiger partial charge in [0.1, 0.15) is 0 Å². The van der Waals surface area contributed by atoms with Crippen molar-refractivity contribution in [2.75, 3.05) is 60.7 Å². The number of urea groups is 1. The van der Waals surface area contributed by atoms with E-state index in [9.17, 15) is 9.59 Å². The number of rotatable bonds is 13. The van der Waals surface area contributed by atoms with Gasteiger partial charge in [-0.1, -0.05) is 23.7 Å². The monoisotopic (exact) mass is 498 g/mol. The van der Waals surface area contributed by atoms with E-state index in [1.165, 1.54) is 7.11 Å². The molecule has 0 bridgehead atoms. The molecular formula is C24H39ClN4O5. The van der Waals surface area contributed by atoms with E-state index in [1.54, 1.807) is 18.0 Å². The third-order valence-electron chi connectivity index (χ3n) is 5.82. The van der Waals surface area contributed by atoms with Gasteiger partial charge < -0.3 is 35.1 Å². The summed E-state index contributed by atoms with van der Waals surface area (Å²) in [6.07, 6.45) is 2.90. The molecule has 2 rings (SSSR count). The Morgan fingerprint density at radius 2 is 2.18 bits per heavy atom. The summed E-state index contributed by atoms with van der Waals surface area (Å²) in [7, 11) is 4.99. The van der Waals surface area contributed by atoms with Crippen LogP contribution in [0.4, 0.5) is 9.59 Å². The van der Waals surface area contributed by atoms with E-state index < -0.39 is 6.09 Å². The number of amides is 3. The summed E-state index contributed by atoms with van der Waals surface area (Å²) in [5, 5.41) is 9.54. The van der Waals surface area contributed by atoms with Crippen LogP contribution in [0.2, 0.25) is 5.02 Å². The largest absolute Gasteiger partial charge is 0.453 e. The second kappa shape index (κ2) is 15.8. The highest BCUT2D eigenvalue weighted by Gasteiger charge is 2.22. The summed E-state index contributed by atoms with van der Waals surface area (Å²) in [5.41, 5.74) is 0.921. The number of carbonyl (C=O) groups is 2. The Labute approximate surface area is 207 Å². The van der Waals surface area contributed by atoms with E-state index in [1.807, 2.05) is 25.2 Å². The number of likely N-dealkylation sites (N-methyl/N-ethyl adjacent to an activating group) is 1. The number of methoxy groups -OCH3 is 1. The molecule has 1 aliphatic heterocycles. The standard InChI is InChI=1S/C24H39ClN4O5/c1-26-16-21(14-18-6-5-12-33-17-18)28-23(30)29(2)11-9-22(19-7-4-8-20(25)15-19)34-13-10-27-24(31)32-3/h4,7-8,15,18,21-22,26H,5-6,9-14,16-17H2,1-3H3,(H,27,31)(H,28,30)/t18-,21+,22-/m1/s1. The zero-order valence-corrected chi connectivity index (χ0v) is 21.2. The van der Waals surface area contributed by atoms with Crippen LogP contribution in [-0.4, -0.2) is 83.7 Å². The predicted octanol–water partition coefficient (Wildman–Crippen LogP) is 3.19. The van der Waals surface area contributed by atoms with Crippen molar-refractivity contribution in [3.8, 4) is 0 Å². The number of ether oxygens (including phenoxy) is 3. The van der Waals surface area contributed by atoms with Crippen LogP contribution < -0.4 is 16.0 Å².